The standard InChI is InChI=1S/C23H20N4/c1-4-10-18(11-5-1)16-17-24-23-25-21(19-12-6-2-7-13-19)22(26-27-23)20-14-8-3-9-15-20/h1-15H,16-17H2,(H,24,25,27). The van der Waals surface area contributed by atoms with Crippen LogP contribution < -0.4 is 5.32 Å². The van der Waals surface area contributed by atoms with Crippen molar-refractivity contribution < 1.29 is 0 Å². The number of aromatic nitrogens is 3. The van der Waals surface area contributed by atoms with E-state index in [2.05, 4.69) is 39.8 Å². The Morgan fingerprint density at radius 3 is 1.78 bits per heavy atom. The highest BCUT2D eigenvalue weighted by Crippen LogP contribution is 2.28. The van der Waals surface area contributed by atoms with Gasteiger partial charge >= 0.3 is 0 Å². The van der Waals surface area contributed by atoms with Crippen LogP contribution in [0.25, 0.3) is 22.5 Å². The summed E-state index contributed by atoms with van der Waals surface area (Å²) in [6, 6.07) is 30.5. The maximum absolute atomic E-state index is 4.77. The summed E-state index contributed by atoms with van der Waals surface area (Å²) in [7, 11) is 0. The lowest BCUT2D eigenvalue weighted by atomic mass is 10.0. The van der Waals surface area contributed by atoms with Crippen LogP contribution in [0.15, 0.2) is 91.0 Å². The van der Waals surface area contributed by atoms with E-state index in [1.807, 2.05) is 66.7 Å². The highest BCUT2D eigenvalue weighted by Gasteiger charge is 2.13. The number of nitrogens with zero attached hydrogens (tertiary/aromatic N) is 3. The topological polar surface area (TPSA) is 50.7 Å². The first-order valence-electron chi connectivity index (χ1n) is 9.03. The van der Waals surface area contributed by atoms with Crippen molar-refractivity contribution in [3.63, 3.8) is 0 Å². The van der Waals surface area contributed by atoms with Crippen molar-refractivity contribution in [2.24, 2.45) is 0 Å². The fraction of sp³-hybridized carbons (Fsp3) is 0.0870. The molecule has 1 heterocycles. The Labute approximate surface area is 159 Å². The normalized spacial score (nSPS) is 10.5. The number of hydrogen-bond donors (Lipinski definition) is 1. The fourth-order valence-corrected chi connectivity index (χ4v) is 2.95. The number of rotatable bonds is 6. The van der Waals surface area contributed by atoms with Crippen molar-refractivity contribution in [1.29, 1.82) is 0 Å². The SMILES string of the molecule is c1ccc(CCNc2nnc(-c3ccccc3)c(-c3ccccc3)n2)cc1. The molecular weight excluding hydrogens is 332 g/mol. The lowest BCUT2D eigenvalue weighted by molar-refractivity contribution is 0.933. The van der Waals surface area contributed by atoms with Crippen LogP contribution >= 0.6 is 0 Å². The Morgan fingerprint density at radius 1 is 0.593 bits per heavy atom. The molecule has 0 saturated carbocycles. The van der Waals surface area contributed by atoms with Crippen molar-refractivity contribution in [2.45, 2.75) is 6.42 Å². The average Bonchev–Trinajstić information content (AvgIpc) is 2.76. The Hall–Kier alpha value is -3.53. The van der Waals surface area contributed by atoms with Crippen LogP contribution in [0.4, 0.5) is 5.95 Å². The van der Waals surface area contributed by atoms with E-state index < -0.39 is 0 Å². The summed E-state index contributed by atoms with van der Waals surface area (Å²) in [4.78, 5) is 4.77. The highest BCUT2D eigenvalue weighted by molar-refractivity contribution is 5.77. The Balaban J connectivity index is 1.61. The molecule has 0 aliphatic rings. The van der Waals surface area contributed by atoms with Gasteiger partial charge in [0.15, 0.2) is 0 Å². The summed E-state index contributed by atoms with van der Waals surface area (Å²) in [6.45, 7) is 0.755. The Kier molecular flexibility index (Phi) is 5.16. The van der Waals surface area contributed by atoms with E-state index in [0.29, 0.717) is 5.95 Å². The molecule has 1 N–H and O–H groups in total. The molecule has 0 aliphatic heterocycles. The molecule has 4 heteroatoms. The summed E-state index contributed by atoms with van der Waals surface area (Å²) in [5.74, 6) is 0.546. The lowest BCUT2D eigenvalue weighted by Gasteiger charge is -2.10. The molecule has 0 bridgehead atoms. The van der Waals surface area contributed by atoms with Gasteiger partial charge in [-0.3, -0.25) is 0 Å². The molecule has 0 fully saturated rings. The molecule has 0 aliphatic carbocycles. The average molecular weight is 352 g/mol. The van der Waals surface area contributed by atoms with Crippen molar-refractivity contribution in [3.05, 3.63) is 96.6 Å². The number of nitrogens with one attached hydrogen (secondary N) is 1. The van der Waals surface area contributed by atoms with Crippen LogP contribution in [-0.2, 0) is 6.42 Å². The highest BCUT2D eigenvalue weighted by atomic mass is 15.2. The molecule has 27 heavy (non-hydrogen) atoms. The third kappa shape index (κ3) is 4.18. The summed E-state index contributed by atoms with van der Waals surface area (Å²) >= 11 is 0. The minimum atomic E-state index is 0.546. The zero-order valence-electron chi connectivity index (χ0n) is 14.9. The first-order chi connectivity index (χ1) is 13.4. The lowest BCUT2D eigenvalue weighted by Crippen LogP contribution is -2.10. The molecule has 0 atom stereocenters. The maximum atomic E-state index is 4.77. The predicted octanol–water partition coefficient (Wildman–Crippen LogP) is 4.86. The summed E-state index contributed by atoms with van der Waals surface area (Å²) < 4.78 is 0. The van der Waals surface area contributed by atoms with Gasteiger partial charge in [-0.05, 0) is 12.0 Å². The van der Waals surface area contributed by atoms with Gasteiger partial charge < -0.3 is 5.32 Å². The molecule has 0 saturated heterocycles. The largest absolute Gasteiger partial charge is 0.353 e. The van der Waals surface area contributed by atoms with Gasteiger partial charge in [0, 0.05) is 17.7 Å². The molecule has 4 aromatic rings. The van der Waals surface area contributed by atoms with Gasteiger partial charge in [-0.25, -0.2) is 4.98 Å². The molecule has 0 amide bonds. The van der Waals surface area contributed by atoms with Gasteiger partial charge in [0.25, 0.3) is 0 Å². The second-order valence-corrected chi connectivity index (χ2v) is 6.23. The van der Waals surface area contributed by atoms with Crippen molar-refractivity contribution in [3.8, 4) is 22.5 Å². The quantitative estimate of drug-likeness (QED) is 0.538. The van der Waals surface area contributed by atoms with Crippen LogP contribution in [0.2, 0.25) is 0 Å². The van der Waals surface area contributed by atoms with Gasteiger partial charge in [-0.1, -0.05) is 91.0 Å². The number of hydrogen-bond acceptors (Lipinski definition) is 4. The molecule has 0 unspecified atom stereocenters. The van der Waals surface area contributed by atoms with Crippen molar-refractivity contribution in [2.75, 3.05) is 11.9 Å². The summed E-state index contributed by atoms with van der Waals surface area (Å²) in [5, 5.41) is 12.1. The minimum Gasteiger partial charge on any atom is -0.353 e. The zero-order valence-corrected chi connectivity index (χ0v) is 14.9. The van der Waals surface area contributed by atoms with E-state index in [1.54, 1.807) is 0 Å². The van der Waals surface area contributed by atoms with Crippen LogP contribution in [0.5, 0.6) is 0 Å². The number of benzene rings is 3. The van der Waals surface area contributed by atoms with E-state index in [4.69, 9.17) is 4.98 Å². The fourth-order valence-electron chi connectivity index (χ4n) is 2.95. The van der Waals surface area contributed by atoms with Gasteiger partial charge in [0.2, 0.25) is 5.95 Å². The Morgan fingerprint density at radius 2 is 1.15 bits per heavy atom. The molecule has 132 valence electrons. The van der Waals surface area contributed by atoms with E-state index in [0.717, 1.165) is 35.5 Å². The van der Waals surface area contributed by atoms with Crippen LogP contribution in [-0.4, -0.2) is 21.7 Å². The molecule has 0 spiro atoms. The molecule has 1 aromatic heterocycles. The van der Waals surface area contributed by atoms with Gasteiger partial charge in [-0.2, -0.15) is 0 Å². The summed E-state index contributed by atoms with van der Waals surface area (Å²) in [6.07, 6.45) is 0.908. The third-order valence-corrected chi connectivity index (χ3v) is 4.32. The van der Waals surface area contributed by atoms with Gasteiger partial charge in [0.1, 0.15) is 11.4 Å². The smallest absolute Gasteiger partial charge is 0.243 e. The second-order valence-electron chi connectivity index (χ2n) is 6.23. The van der Waals surface area contributed by atoms with E-state index in [1.165, 1.54) is 5.56 Å². The third-order valence-electron chi connectivity index (χ3n) is 4.32. The van der Waals surface area contributed by atoms with Crippen LogP contribution in [0.1, 0.15) is 5.56 Å². The number of anilines is 1. The molecule has 4 nitrogen and oxygen atoms in total. The minimum absolute atomic E-state index is 0.546. The Bertz CT molecular complexity index is 987. The van der Waals surface area contributed by atoms with Crippen LogP contribution in [0.3, 0.4) is 0 Å². The maximum Gasteiger partial charge on any atom is 0.243 e. The monoisotopic (exact) mass is 352 g/mol. The second kappa shape index (κ2) is 8.23. The van der Waals surface area contributed by atoms with E-state index in [9.17, 15) is 0 Å². The van der Waals surface area contributed by atoms with Crippen molar-refractivity contribution >= 4 is 5.95 Å². The molecule has 4 rings (SSSR count). The summed E-state index contributed by atoms with van der Waals surface area (Å²) in [5.41, 5.74) is 4.93. The van der Waals surface area contributed by atoms with Gasteiger partial charge in [0.05, 0.1) is 0 Å². The van der Waals surface area contributed by atoms with E-state index in [-0.39, 0.29) is 0 Å². The van der Waals surface area contributed by atoms with Crippen LogP contribution in [0, 0.1) is 0 Å². The predicted molar refractivity (Wildman–Crippen MR) is 109 cm³/mol. The van der Waals surface area contributed by atoms with Crippen molar-refractivity contribution in [1.82, 2.24) is 15.2 Å². The first kappa shape index (κ1) is 16.9. The first-order valence-corrected chi connectivity index (χ1v) is 9.03. The molecule has 3 aromatic carbocycles. The molecule has 0 radical (unpaired) electrons. The zero-order chi connectivity index (χ0) is 18.3. The van der Waals surface area contributed by atoms with Gasteiger partial charge in [-0.15, -0.1) is 10.2 Å². The molecular formula is C23H20N4. The van der Waals surface area contributed by atoms with E-state index >= 15 is 0 Å².